The Kier molecular flexibility index (Phi) is 3.39. The van der Waals surface area contributed by atoms with Crippen molar-refractivity contribution in [2.45, 2.75) is 26.1 Å². The van der Waals surface area contributed by atoms with Gasteiger partial charge in [-0.15, -0.1) is 0 Å². The molecule has 1 aromatic carbocycles. The van der Waals surface area contributed by atoms with Gasteiger partial charge in [0.15, 0.2) is 0 Å². The first-order chi connectivity index (χ1) is 6.82. The quantitative estimate of drug-likeness (QED) is 0.806. The lowest BCUT2D eigenvalue weighted by Crippen LogP contribution is -2.09. The van der Waals surface area contributed by atoms with E-state index in [1.165, 1.54) is 12.1 Å². The van der Waals surface area contributed by atoms with Crippen LogP contribution in [0, 0.1) is 5.92 Å². The van der Waals surface area contributed by atoms with Crippen LogP contribution >= 0.6 is 0 Å². The Balaban J connectivity index is 3.03. The number of hydrogen-bond acceptors (Lipinski definition) is 1. The van der Waals surface area contributed by atoms with Crippen molar-refractivity contribution in [3.8, 4) is 0 Å². The largest absolute Gasteiger partial charge is 0.416 e. The molecule has 1 aromatic rings. The maximum absolute atomic E-state index is 12.4. The van der Waals surface area contributed by atoms with E-state index < -0.39 is 17.8 Å². The van der Waals surface area contributed by atoms with Crippen molar-refractivity contribution in [3.63, 3.8) is 0 Å². The van der Waals surface area contributed by atoms with Crippen molar-refractivity contribution in [1.29, 1.82) is 0 Å². The van der Waals surface area contributed by atoms with Crippen molar-refractivity contribution >= 4 is 0 Å². The van der Waals surface area contributed by atoms with E-state index in [4.69, 9.17) is 0 Å². The van der Waals surface area contributed by atoms with Crippen LogP contribution in [0.1, 0.15) is 31.1 Å². The molecule has 0 amide bonds. The van der Waals surface area contributed by atoms with Crippen LogP contribution < -0.4 is 0 Å². The van der Waals surface area contributed by atoms with E-state index in [0.717, 1.165) is 12.1 Å². The van der Waals surface area contributed by atoms with Gasteiger partial charge in [-0.25, -0.2) is 0 Å². The number of halogens is 3. The maximum Gasteiger partial charge on any atom is 0.416 e. The van der Waals surface area contributed by atoms with Gasteiger partial charge in [0.25, 0.3) is 0 Å². The topological polar surface area (TPSA) is 20.2 Å². The summed E-state index contributed by atoms with van der Waals surface area (Å²) in [6, 6.07) is 4.80. The van der Waals surface area contributed by atoms with E-state index in [0.29, 0.717) is 5.56 Å². The standard InChI is InChI=1S/C11H13F3O/c1-7(2)10(15)8-4-3-5-9(6-8)11(12,13)14/h3-7,10,15H,1-2H3/t10-/m1/s1. The van der Waals surface area contributed by atoms with Crippen molar-refractivity contribution in [3.05, 3.63) is 35.4 Å². The fourth-order valence-electron chi connectivity index (χ4n) is 1.28. The molecule has 1 rings (SSSR count). The average Bonchev–Trinajstić information content (AvgIpc) is 2.15. The molecular formula is C11H13F3O. The molecule has 0 saturated heterocycles. The second kappa shape index (κ2) is 4.23. The first-order valence-electron chi connectivity index (χ1n) is 4.67. The molecule has 1 atom stereocenters. The highest BCUT2D eigenvalue weighted by Crippen LogP contribution is 2.31. The number of benzene rings is 1. The van der Waals surface area contributed by atoms with E-state index >= 15 is 0 Å². The van der Waals surface area contributed by atoms with Crippen LogP contribution in [0.2, 0.25) is 0 Å². The lowest BCUT2D eigenvalue weighted by molar-refractivity contribution is -0.137. The van der Waals surface area contributed by atoms with Gasteiger partial charge < -0.3 is 5.11 Å². The molecule has 1 nitrogen and oxygen atoms in total. The highest BCUT2D eigenvalue weighted by molar-refractivity contribution is 5.27. The Morgan fingerprint density at radius 2 is 1.80 bits per heavy atom. The van der Waals surface area contributed by atoms with Gasteiger partial charge in [-0.05, 0) is 23.6 Å². The molecular weight excluding hydrogens is 205 g/mol. The van der Waals surface area contributed by atoms with E-state index in [-0.39, 0.29) is 5.92 Å². The molecule has 0 aliphatic heterocycles. The number of alkyl halides is 3. The smallest absolute Gasteiger partial charge is 0.388 e. The zero-order chi connectivity index (χ0) is 11.6. The minimum absolute atomic E-state index is 0.103. The lowest BCUT2D eigenvalue weighted by Gasteiger charge is -2.16. The Morgan fingerprint density at radius 3 is 2.27 bits per heavy atom. The molecule has 0 spiro atoms. The summed E-state index contributed by atoms with van der Waals surface area (Å²) in [6.45, 7) is 3.51. The zero-order valence-electron chi connectivity index (χ0n) is 8.55. The van der Waals surface area contributed by atoms with Crippen LogP contribution in [0.5, 0.6) is 0 Å². The Bertz CT molecular complexity index is 331. The van der Waals surface area contributed by atoms with E-state index in [2.05, 4.69) is 0 Å². The normalized spacial score (nSPS) is 14.3. The number of aliphatic hydroxyl groups excluding tert-OH is 1. The monoisotopic (exact) mass is 218 g/mol. The summed E-state index contributed by atoms with van der Waals surface area (Å²) in [6.07, 6.45) is -5.21. The van der Waals surface area contributed by atoms with Crippen molar-refractivity contribution in [1.82, 2.24) is 0 Å². The van der Waals surface area contributed by atoms with Gasteiger partial charge >= 0.3 is 6.18 Å². The molecule has 4 heteroatoms. The van der Waals surface area contributed by atoms with Crippen LogP contribution in [0.3, 0.4) is 0 Å². The third-order valence-corrected chi connectivity index (χ3v) is 2.19. The first-order valence-corrected chi connectivity index (χ1v) is 4.67. The first kappa shape index (κ1) is 12.0. The lowest BCUT2D eigenvalue weighted by atomic mass is 9.97. The van der Waals surface area contributed by atoms with Gasteiger partial charge in [0.05, 0.1) is 11.7 Å². The number of hydrogen-bond donors (Lipinski definition) is 1. The predicted octanol–water partition coefficient (Wildman–Crippen LogP) is 3.39. The Morgan fingerprint density at radius 1 is 1.20 bits per heavy atom. The zero-order valence-corrected chi connectivity index (χ0v) is 8.55. The number of aliphatic hydroxyl groups is 1. The molecule has 0 bridgehead atoms. The van der Waals surface area contributed by atoms with Gasteiger partial charge in [-0.1, -0.05) is 26.0 Å². The van der Waals surface area contributed by atoms with Gasteiger partial charge in [0.1, 0.15) is 0 Å². The van der Waals surface area contributed by atoms with Gasteiger partial charge in [0.2, 0.25) is 0 Å². The summed E-state index contributed by atoms with van der Waals surface area (Å²) in [5.41, 5.74) is -0.417. The number of rotatable bonds is 2. The molecule has 0 saturated carbocycles. The minimum atomic E-state index is -4.35. The van der Waals surface area contributed by atoms with Crippen LogP contribution in [0.15, 0.2) is 24.3 Å². The summed E-state index contributed by atoms with van der Waals surface area (Å²) in [5, 5.41) is 9.62. The third-order valence-electron chi connectivity index (χ3n) is 2.19. The van der Waals surface area contributed by atoms with Crippen LogP contribution in [0.25, 0.3) is 0 Å². The molecule has 15 heavy (non-hydrogen) atoms. The maximum atomic E-state index is 12.4. The minimum Gasteiger partial charge on any atom is -0.388 e. The SMILES string of the molecule is CC(C)[C@@H](O)c1cccc(C(F)(F)F)c1. The fourth-order valence-corrected chi connectivity index (χ4v) is 1.28. The molecule has 0 radical (unpaired) electrons. The van der Waals surface area contributed by atoms with Gasteiger partial charge in [-0.3, -0.25) is 0 Å². The van der Waals surface area contributed by atoms with Crippen molar-refractivity contribution in [2.75, 3.05) is 0 Å². The molecule has 0 aliphatic rings. The molecule has 1 N–H and O–H groups in total. The second-order valence-corrected chi connectivity index (χ2v) is 3.81. The second-order valence-electron chi connectivity index (χ2n) is 3.81. The van der Waals surface area contributed by atoms with Crippen LogP contribution in [-0.4, -0.2) is 5.11 Å². The van der Waals surface area contributed by atoms with Crippen molar-refractivity contribution in [2.24, 2.45) is 5.92 Å². The average molecular weight is 218 g/mol. The van der Waals surface area contributed by atoms with E-state index in [9.17, 15) is 18.3 Å². The molecule has 0 aromatic heterocycles. The van der Waals surface area contributed by atoms with Crippen LogP contribution in [0.4, 0.5) is 13.2 Å². The fraction of sp³-hybridized carbons (Fsp3) is 0.455. The summed E-state index contributed by atoms with van der Waals surface area (Å²) < 4.78 is 37.1. The summed E-state index contributed by atoms with van der Waals surface area (Å²) >= 11 is 0. The molecule has 0 fully saturated rings. The highest BCUT2D eigenvalue weighted by Gasteiger charge is 2.30. The van der Waals surface area contributed by atoms with Crippen molar-refractivity contribution < 1.29 is 18.3 Å². The van der Waals surface area contributed by atoms with E-state index in [1.807, 2.05) is 0 Å². The molecule has 0 heterocycles. The molecule has 0 aliphatic carbocycles. The summed E-state index contributed by atoms with van der Waals surface area (Å²) in [4.78, 5) is 0. The Hall–Kier alpha value is -1.03. The Labute approximate surface area is 86.5 Å². The summed E-state index contributed by atoms with van der Waals surface area (Å²) in [7, 11) is 0. The third kappa shape index (κ3) is 2.96. The molecule has 0 unspecified atom stereocenters. The van der Waals surface area contributed by atoms with E-state index in [1.54, 1.807) is 13.8 Å². The summed E-state index contributed by atoms with van der Waals surface area (Å²) in [5.74, 6) is -0.103. The predicted molar refractivity (Wildman–Crippen MR) is 51.2 cm³/mol. The van der Waals surface area contributed by atoms with Crippen LogP contribution in [-0.2, 0) is 6.18 Å². The molecule has 84 valence electrons. The highest BCUT2D eigenvalue weighted by atomic mass is 19.4. The van der Waals surface area contributed by atoms with Gasteiger partial charge in [0, 0.05) is 0 Å². The van der Waals surface area contributed by atoms with Gasteiger partial charge in [-0.2, -0.15) is 13.2 Å².